The van der Waals surface area contributed by atoms with Crippen LogP contribution in [0.4, 0.5) is 0 Å². The summed E-state index contributed by atoms with van der Waals surface area (Å²) in [6, 6.07) is 28.0. The molecule has 2 heterocycles. The van der Waals surface area contributed by atoms with E-state index in [1.54, 1.807) is 40.2 Å². The van der Waals surface area contributed by atoms with E-state index in [1.165, 1.54) is 6.08 Å². The normalized spacial score (nSPS) is 15.3. The maximum atomic E-state index is 13.1. The van der Waals surface area contributed by atoms with Gasteiger partial charge >= 0.3 is 0 Å². The van der Waals surface area contributed by atoms with Crippen LogP contribution in [0.15, 0.2) is 110 Å². The van der Waals surface area contributed by atoms with E-state index in [-0.39, 0.29) is 29.6 Å². The SMILES string of the molecule is C=CC(=O)N1CCC(Oc2ccc(-c3cccc(/C=C/C(=O)N4CCC(Oc5ccc(-c6ccccc6)c(C(N)=O)c5)CC4)c3)cc2C(N)=O)CC1. The first-order valence-corrected chi connectivity index (χ1v) is 17.4. The Kier molecular flexibility index (Phi) is 11.1. The van der Waals surface area contributed by atoms with E-state index >= 15 is 0 Å². The summed E-state index contributed by atoms with van der Waals surface area (Å²) in [7, 11) is 0. The van der Waals surface area contributed by atoms with Gasteiger partial charge in [0.25, 0.3) is 5.91 Å². The predicted molar refractivity (Wildman–Crippen MR) is 200 cm³/mol. The van der Waals surface area contributed by atoms with Crippen molar-refractivity contribution in [1.82, 2.24) is 9.80 Å². The summed E-state index contributed by atoms with van der Waals surface area (Å²) in [4.78, 5) is 53.2. The Morgan fingerprint density at radius 2 is 1.25 bits per heavy atom. The molecular formula is C42H42N4O6. The van der Waals surface area contributed by atoms with E-state index in [0.29, 0.717) is 68.9 Å². The van der Waals surface area contributed by atoms with Crippen molar-refractivity contribution in [2.24, 2.45) is 11.5 Å². The van der Waals surface area contributed by atoms with E-state index in [9.17, 15) is 19.2 Å². The highest BCUT2D eigenvalue weighted by Crippen LogP contribution is 2.31. The maximum absolute atomic E-state index is 13.1. The van der Waals surface area contributed by atoms with Crippen LogP contribution in [0.5, 0.6) is 11.5 Å². The fourth-order valence-corrected chi connectivity index (χ4v) is 6.66. The zero-order valence-corrected chi connectivity index (χ0v) is 28.9. The van der Waals surface area contributed by atoms with E-state index < -0.39 is 11.8 Å². The van der Waals surface area contributed by atoms with E-state index in [4.69, 9.17) is 20.9 Å². The van der Waals surface area contributed by atoms with Crippen LogP contribution in [0, 0.1) is 0 Å². The molecule has 0 spiro atoms. The number of carbonyl (C=O) groups excluding carboxylic acids is 4. The summed E-state index contributed by atoms with van der Waals surface area (Å²) in [5, 5.41) is 0. The number of nitrogens with two attached hydrogens (primary N) is 2. The molecule has 0 saturated carbocycles. The second kappa shape index (κ2) is 16.2. The lowest BCUT2D eigenvalue weighted by Crippen LogP contribution is -2.41. The summed E-state index contributed by atoms with van der Waals surface area (Å²) in [6.45, 7) is 5.73. The molecule has 4 aromatic rings. The molecule has 0 aromatic heterocycles. The van der Waals surface area contributed by atoms with Crippen LogP contribution in [-0.2, 0) is 9.59 Å². The number of ether oxygens (including phenoxy) is 2. The zero-order chi connectivity index (χ0) is 36.6. The summed E-state index contributed by atoms with van der Waals surface area (Å²) in [5.41, 5.74) is 16.3. The number of nitrogens with zero attached hydrogens (tertiary/aromatic N) is 2. The molecule has 2 saturated heterocycles. The first-order valence-electron chi connectivity index (χ1n) is 17.4. The van der Waals surface area contributed by atoms with Crippen LogP contribution in [0.1, 0.15) is 52.0 Å². The molecule has 6 rings (SSSR count). The van der Waals surface area contributed by atoms with Gasteiger partial charge in [0, 0.05) is 57.9 Å². The van der Waals surface area contributed by atoms with Crippen molar-refractivity contribution in [2.45, 2.75) is 37.9 Å². The van der Waals surface area contributed by atoms with Crippen LogP contribution < -0.4 is 20.9 Å². The monoisotopic (exact) mass is 698 g/mol. The minimum atomic E-state index is -0.594. The predicted octanol–water partition coefficient (Wildman–Crippen LogP) is 5.86. The molecule has 266 valence electrons. The molecule has 0 radical (unpaired) electrons. The zero-order valence-electron chi connectivity index (χ0n) is 28.9. The number of benzene rings is 4. The van der Waals surface area contributed by atoms with Gasteiger partial charge in [0.2, 0.25) is 17.7 Å². The third-order valence-electron chi connectivity index (χ3n) is 9.50. The molecule has 0 bridgehead atoms. The first-order chi connectivity index (χ1) is 25.2. The summed E-state index contributed by atoms with van der Waals surface area (Å²) >= 11 is 0. The Morgan fingerprint density at radius 3 is 1.90 bits per heavy atom. The molecule has 2 aliphatic heterocycles. The topological polar surface area (TPSA) is 145 Å². The lowest BCUT2D eigenvalue weighted by Gasteiger charge is -2.31. The van der Waals surface area contributed by atoms with Crippen LogP contribution >= 0.6 is 0 Å². The number of piperidine rings is 2. The molecule has 52 heavy (non-hydrogen) atoms. The van der Waals surface area contributed by atoms with E-state index in [1.807, 2.05) is 72.8 Å². The molecule has 2 aliphatic rings. The average Bonchev–Trinajstić information content (AvgIpc) is 3.17. The lowest BCUT2D eigenvalue weighted by atomic mass is 9.99. The van der Waals surface area contributed by atoms with E-state index in [0.717, 1.165) is 27.8 Å². The smallest absolute Gasteiger partial charge is 0.252 e. The first kappa shape index (κ1) is 35.7. The number of amides is 4. The van der Waals surface area contributed by atoms with Gasteiger partial charge in [-0.15, -0.1) is 0 Å². The van der Waals surface area contributed by atoms with E-state index in [2.05, 4.69) is 6.58 Å². The van der Waals surface area contributed by atoms with Crippen molar-refractivity contribution in [3.8, 4) is 33.8 Å². The Morgan fingerprint density at radius 1 is 0.635 bits per heavy atom. The fourth-order valence-electron chi connectivity index (χ4n) is 6.66. The lowest BCUT2D eigenvalue weighted by molar-refractivity contribution is -0.128. The average molecular weight is 699 g/mol. The molecule has 4 aromatic carbocycles. The highest BCUT2D eigenvalue weighted by atomic mass is 16.5. The molecule has 4 N–H and O–H groups in total. The number of rotatable bonds is 11. The van der Waals surface area contributed by atoms with Crippen molar-refractivity contribution in [2.75, 3.05) is 26.2 Å². The minimum Gasteiger partial charge on any atom is -0.490 e. The van der Waals surface area contributed by atoms with Gasteiger partial charge < -0.3 is 30.7 Å². The van der Waals surface area contributed by atoms with Crippen molar-refractivity contribution >= 4 is 29.7 Å². The Balaban J connectivity index is 1.04. The third kappa shape index (κ3) is 8.58. The van der Waals surface area contributed by atoms with Gasteiger partial charge in [-0.1, -0.05) is 61.2 Å². The Bertz CT molecular complexity index is 1990. The maximum Gasteiger partial charge on any atom is 0.252 e. The second-order valence-corrected chi connectivity index (χ2v) is 13.0. The number of primary amides is 2. The Hall–Kier alpha value is -6.16. The van der Waals surface area contributed by atoms with Crippen molar-refractivity contribution < 1.29 is 28.7 Å². The molecular weight excluding hydrogens is 656 g/mol. The molecule has 2 fully saturated rings. The summed E-state index contributed by atoms with van der Waals surface area (Å²) in [5.74, 6) is -0.322. The van der Waals surface area contributed by atoms with Crippen LogP contribution in [0.25, 0.3) is 28.3 Å². The largest absolute Gasteiger partial charge is 0.490 e. The van der Waals surface area contributed by atoms with Gasteiger partial charge in [0.05, 0.1) is 11.1 Å². The quantitative estimate of drug-likeness (QED) is 0.188. The highest BCUT2D eigenvalue weighted by Gasteiger charge is 2.25. The van der Waals surface area contributed by atoms with Gasteiger partial charge in [-0.2, -0.15) is 0 Å². The minimum absolute atomic E-state index is 0.0933. The standard InChI is InChI=1S/C42H42N4O6/c1-2-39(47)45-21-19-33(20-22-45)52-38-15-12-31(26-37(38)42(44)50)30-10-6-7-28(25-30)11-16-40(48)46-23-17-32(18-24-46)51-34-13-14-35(36(27-34)41(43)49)29-8-4-3-5-9-29/h2-16,25-27,32-33H,1,17-24H2,(H2,43,49)(H2,44,50)/b16-11+. The number of likely N-dealkylation sites (tertiary alicyclic amines) is 2. The number of hydrogen-bond donors (Lipinski definition) is 2. The molecule has 0 unspecified atom stereocenters. The van der Waals surface area contributed by atoms with Gasteiger partial charge in [-0.3, -0.25) is 19.2 Å². The Labute approximate surface area is 303 Å². The molecule has 0 atom stereocenters. The van der Waals surface area contributed by atoms with Gasteiger partial charge in [0.15, 0.2) is 0 Å². The summed E-state index contributed by atoms with van der Waals surface area (Å²) in [6.07, 6.45) is 7.00. The molecule has 10 nitrogen and oxygen atoms in total. The van der Waals surface area contributed by atoms with Gasteiger partial charge in [-0.25, -0.2) is 0 Å². The molecule has 4 amide bonds. The molecule has 10 heteroatoms. The number of hydrogen-bond acceptors (Lipinski definition) is 6. The second-order valence-electron chi connectivity index (χ2n) is 13.0. The van der Waals surface area contributed by atoms with Crippen molar-refractivity contribution in [3.05, 3.63) is 126 Å². The van der Waals surface area contributed by atoms with Crippen molar-refractivity contribution in [1.29, 1.82) is 0 Å². The van der Waals surface area contributed by atoms with Gasteiger partial charge in [-0.05, 0) is 76.4 Å². The molecule has 0 aliphatic carbocycles. The summed E-state index contributed by atoms with van der Waals surface area (Å²) < 4.78 is 12.4. The number of carbonyl (C=O) groups is 4. The van der Waals surface area contributed by atoms with Crippen molar-refractivity contribution in [3.63, 3.8) is 0 Å². The van der Waals surface area contributed by atoms with Crippen LogP contribution in [0.2, 0.25) is 0 Å². The van der Waals surface area contributed by atoms with Crippen LogP contribution in [-0.4, -0.2) is 71.8 Å². The van der Waals surface area contributed by atoms with Gasteiger partial charge in [0.1, 0.15) is 23.7 Å². The van der Waals surface area contributed by atoms with Crippen LogP contribution in [0.3, 0.4) is 0 Å². The fraction of sp³-hybridized carbons (Fsp3) is 0.238. The third-order valence-corrected chi connectivity index (χ3v) is 9.50. The highest BCUT2D eigenvalue weighted by molar-refractivity contribution is 6.00.